The maximum absolute atomic E-state index is 5.78. The van der Waals surface area contributed by atoms with Gasteiger partial charge < -0.3 is 10.1 Å². The second-order valence-electron chi connectivity index (χ2n) is 6.54. The van der Waals surface area contributed by atoms with Crippen molar-refractivity contribution in [3.8, 4) is 0 Å². The van der Waals surface area contributed by atoms with E-state index in [-0.39, 0.29) is 0 Å². The molecule has 1 heterocycles. The summed E-state index contributed by atoms with van der Waals surface area (Å²) < 4.78 is 8.45. The first-order valence-corrected chi connectivity index (χ1v) is 12.0. The Balaban J connectivity index is 1.87. The molecule has 0 aliphatic carbocycles. The molecule has 0 unspecified atom stereocenters. The summed E-state index contributed by atoms with van der Waals surface area (Å²) in [7, 11) is -1.04. The van der Waals surface area contributed by atoms with Crippen LogP contribution in [0.2, 0.25) is 25.7 Å². The lowest BCUT2D eigenvalue weighted by atomic mass is 10.2. The van der Waals surface area contributed by atoms with E-state index in [1.807, 2.05) is 28.9 Å². The van der Waals surface area contributed by atoms with Crippen LogP contribution in [-0.4, -0.2) is 24.5 Å². The SMILES string of the molecule is C[Si](C)(C)CCOCn1nc(Br)cc1NCc1ccccc1. The molecule has 6 heteroatoms. The molecule has 0 fully saturated rings. The second kappa shape index (κ2) is 7.94. The molecule has 2 aromatic rings. The average Bonchev–Trinajstić information content (AvgIpc) is 2.82. The first kappa shape index (κ1) is 17.2. The normalized spacial score (nSPS) is 11.6. The van der Waals surface area contributed by atoms with E-state index < -0.39 is 8.07 Å². The number of nitrogens with zero attached hydrogens (tertiary/aromatic N) is 2. The lowest BCUT2D eigenvalue weighted by Crippen LogP contribution is -2.22. The van der Waals surface area contributed by atoms with Gasteiger partial charge in [-0.05, 0) is 27.5 Å². The number of benzene rings is 1. The monoisotopic (exact) mass is 381 g/mol. The Hall–Kier alpha value is -1.11. The molecular formula is C16H24BrN3OSi. The van der Waals surface area contributed by atoms with Gasteiger partial charge in [0, 0.05) is 27.3 Å². The largest absolute Gasteiger partial charge is 0.366 e. The summed E-state index contributed by atoms with van der Waals surface area (Å²) in [5, 5.41) is 7.82. The lowest BCUT2D eigenvalue weighted by molar-refractivity contribution is 0.0798. The van der Waals surface area contributed by atoms with Crippen LogP contribution in [0.3, 0.4) is 0 Å². The highest BCUT2D eigenvalue weighted by atomic mass is 79.9. The molecule has 4 nitrogen and oxygen atoms in total. The van der Waals surface area contributed by atoms with Gasteiger partial charge in [0.15, 0.2) is 0 Å². The fourth-order valence-electron chi connectivity index (χ4n) is 1.94. The van der Waals surface area contributed by atoms with Gasteiger partial charge in [0.05, 0.1) is 0 Å². The van der Waals surface area contributed by atoms with Crippen molar-refractivity contribution in [2.75, 3.05) is 11.9 Å². The van der Waals surface area contributed by atoms with Crippen LogP contribution in [0.5, 0.6) is 0 Å². The van der Waals surface area contributed by atoms with Gasteiger partial charge in [-0.1, -0.05) is 50.0 Å². The van der Waals surface area contributed by atoms with Gasteiger partial charge in [0.25, 0.3) is 0 Å². The van der Waals surface area contributed by atoms with Crippen LogP contribution < -0.4 is 5.32 Å². The van der Waals surface area contributed by atoms with Gasteiger partial charge in [0.2, 0.25) is 0 Å². The van der Waals surface area contributed by atoms with E-state index in [2.05, 4.69) is 58.1 Å². The van der Waals surface area contributed by atoms with Crippen molar-refractivity contribution < 1.29 is 4.74 Å². The van der Waals surface area contributed by atoms with Gasteiger partial charge in [-0.15, -0.1) is 0 Å². The van der Waals surface area contributed by atoms with E-state index in [0.29, 0.717) is 6.73 Å². The molecule has 1 aromatic heterocycles. The standard InChI is InChI=1S/C16H24BrN3OSi/c1-22(2,3)10-9-21-13-20-16(11-15(17)19-20)18-12-14-7-5-4-6-8-14/h4-8,11,18H,9-10,12-13H2,1-3H3. The second-order valence-corrected chi connectivity index (χ2v) is 13.0. The smallest absolute Gasteiger partial charge is 0.141 e. The highest BCUT2D eigenvalue weighted by Crippen LogP contribution is 2.17. The minimum absolute atomic E-state index is 0.479. The maximum Gasteiger partial charge on any atom is 0.141 e. The third-order valence-electron chi connectivity index (χ3n) is 3.28. The van der Waals surface area contributed by atoms with Crippen molar-refractivity contribution in [2.45, 2.75) is 39.0 Å². The average molecular weight is 382 g/mol. The molecule has 0 aliphatic rings. The Morgan fingerprint density at radius 1 is 1.23 bits per heavy atom. The Morgan fingerprint density at radius 3 is 2.64 bits per heavy atom. The highest BCUT2D eigenvalue weighted by Gasteiger charge is 2.12. The summed E-state index contributed by atoms with van der Waals surface area (Å²) in [5.74, 6) is 0.962. The van der Waals surface area contributed by atoms with Crippen LogP contribution in [-0.2, 0) is 18.0 Å². The molecule has 1 aromatic carbocycles. The molecule has 22 heavy (non-hydrogen) atoms. The predicted molar refractivity (Wildman–Crippen MR) is 97.8 cm³/mol. The van der Waals surface area contributed by atoms with Gasteiger partial charge >= 0.3 is 0 Å². The van der Waals surface area contributed by atoms with Crippen molar-refractivity contribution in [3.05, 3.63) is 46.6 Å². The molecule has 120 valence electrons. The third-order valence-corrected chi connectivity index (χ3v) is 5.37. The van der Waals surface area contributed by atoms with Crippen LogP contribution in [0.4, 0.5) is 5.82 Å². The molecule has 2 rings (SSSR count). The van der Waals surface area contributed by atoms with Crippen molar-refractivity contribution in [1.82, 2.24) is 9.78 Å². The number of halogens is 1. The van der Waals surface area contributed by atoms with Crippen molar-refractivity contribution in [2.24, 2.45) is 0 Å². The van der Waals surface area contributed by atoms with E-state index in [1.54, 1.807) is 0 Å². The molecule has 0 bridgehead atoms. The van der Waals surface area contributed by atoms with E-state index in [4.69, 9.17) is 4.74 Å². The maximum atomic E-state index is 5.78. The number of hydrogen-bond acceptors (Lipinski definition) is 3. The number of ether oxygens (including phenoxy) is 1. The van der Waals surface area contributed by atoms with Crippen molar-refractivity contribution in [1.29, 1.82) is 0 Å². The number of rotatable bonds is 8. The Bertz CT molecular complexity index is 581. The first-order chi connectivity index (χ1) is 10.4. The molecule has 0 atom stereocenters. The van der Waals surface area contributed by atoms with Crippen LogP contribution in [0.15, 0.2) is 41.0 Å². The minimum Gasteiger partial charge on any atom is -0.366 e. The number of aromatic nitrogens is 2. The molecular weight excluding hydrogens is 358 g/mol. The summed E-state index contributed by atoms with van der Waals surface area (Å²) in [4.78, 5) is 0. The molecule has 0 aliphatic heterocycles. The van der Waals surface area contributed by atoms with E-state index >= 15 is 0 Å². The molecule has 0 saturated carbocycles. The summed E-state index contributed by atoms with van der Waals surface area (Å²) >= 11 is 3.43. The fourth-order valence-corrected chi connectivity index (χ4v) is 3.11. The molecule has 0 radical (unpaired) electrons. The quantitative estimate of drug-likeness (QED) is 0.537. The van der Waals surface area contributed by atoms with Gasteiger partial charge in [0.1, 0.15) is 17.2 Å². The fraction of sp³-hybridized carbons (Fsp3) is 0.438. The third kappa shape index (κ3) is 5.94. The van der Waals surface area contributed by atoms with Gasteiger partial charge in [-0.3, -0.25) is 0 Å². The molecule has 0 amide bonds. The van der Waals surface area contributed by atoms with E-state index in [1.165, 1.54) is 11.6 Å². The zero-order valence-corrected chi connectivity index (χ0v) is 16.1. The van der Waals surface area contributed by atoms with Crippen molar-refractivity contribution >= 4 is 29.8 Å². The summed E-state index contributed by atoms with van der Waals surface area (Å²) in [6.07, 6.45) is 0. The number of anilines is 1. The number of nitrogens with one attached hydrogen (secondary N) is 1. The summed E-state index contributed by atoms with van der Waals surface area (Å²) in [6.45, 7) is 9.11. The highest BCUT2D eigenvalue weighted by molar-refractivity contribution is 9.10. The molecule has 1 N–H and O–H groups in total. The van der Waals surface area contributed by atoms with Gasteiger partial charge in [-0.25, -0.2) is 4.68 Å². The Kier molecular flexibility index (Phi) is 6.23. The van der Waals surface area contributed by atoms with Crippen LogP contribution in [0, 0.1) is 0 Å². The van der Waals surface area contributed by atoms with Gasteiger partial charge in [-0.2, -0.15) is 5.10 Å². The molecule has 0 spiro atoms. The van der Waals surface area contributed by atoms with Crippen LogP contribution >= 0.6 is 15.9 Å². The Labute approximate surface area is 142 Å². The first-order valence-electron chi connectivity index (χ1n) is 7.53. The summed E-state index contributed by atoms with van der Waals surface area (Å²) in [5.41, 5.74) is 1.24. The van der Waals surface area contributed by atoms with Crippen LogP contribution in [0.1, 0.15) is 5.56 Å². The minimum atomic E-state index is -1.04. The topological polar surface area (TPSA) is 39.1 Å². The van der Waals surface area contributed by atoms with Crippen LogP contribution in [0.25, 0.3) is 0 Å². The van der Waals surface area contributed by atoms with E-state index in [0.717, 1.165) is 23.6 Å². The lowest BCUT2D eigenvalue weighted by Gasteiger charge is -2.16. The molecule has 0 saturated heterocycles. The summed E-state index contributed by atoms with van der Waals surface area (Å²) in [6, 6.07) is 13.5. The number of hydrogen-bond donors (Lipinski definition) is 1. The zero-order chi connectivity index (χ0) is 16.0. The zero-order valence-electron chi connectivity index (χ0n) is 13.5. The predicted octanol–water partition coefficient (Wildman–Crippen LogP) is 4.57. The Morgan fingerprint density at radius 2 is 1.95 bits per heavy atom. The van der Waals surface area contributed by atoms with Crippen molar-refractivity contribution in [3.63, 3.8) is 0 Å². The van der Waals surface area contributed by atoms with E-state index in [9.17, 15) is 0 Å².